The van der Waals surface area contributed by atoms with Gasteiger partial charge in [0.05, 0.1) is 13.7 Å². The van der Waals surface area contributed by atoms with Gasteiger partial charge >= 0.3 is 0 Å². The van der Waals surface area contributed by atoms with Crippen LogP contribution in [-0.4, -0.2) is 37.5 Å². The molecule has 0 radical (unpaired) electrons. The zero-order valence-corrected chi connectivity index (χ0v) is 13.0. The lowest BCUT2D eigenvalue weighted by atomic mass is 10.1. The van der Waals surface area contributed by atoms with Crippen LogP contribution < -0.4 is 10.1 Å². The molecule has 2 rings (SSSR count). The number of thioether (sulfide) groups is 1. The van der Waals surface area contributed by atoms with Gasteiger partial charge in [-0.05, 0) is 25.0 Å². The highest BCUT2D eigenvalue weighted by molar-refractivity contribution is 7.99. The fourth-order valence-electron chi connectivity index (χ4n) is 1.72. The lowest BCUT2D eigenvalue weighted by Crippen LogP contribution is -2.38. The molecular weight excluding hydrogens is 274 g/mol. The molecule has 1 aromatic rings. The highest BCUT2D eigenvalue weighted by Gasteiger charge is 2.47. The van der Waals surface area contributed by atoms with Gasteiger partial charge in [-0.1, -0.05) is 19.1 Å². The summed E-state index contributed by atoms with van der Waals surface area (Å²) in [5.74, 6) is 2.20. The molecule has 20 heavy (non-hydrogen) atoms. The molecule has 1 amide bonds. The minimum absolute atomic E-state index is 0.00774. The molecule has 1 fully saturated rings. The van der Waals surface area contributed by atoms with Crippen molar-refractivity contribution in [2.75, 3.05) is 26.0 Å². The summed E-state index contributed by atoms with van der Waals surface area (Å²) in [6.07, 6.45) is 0. The number of carbonyl (C=O) groups excluding carboxylic acids is 1. The summed E-state index contributed by atoms with van der Waals surface area (Å²) in [5, 5.41) is 2.94. The van der Waals surface area contributed by atoms with Gasteiger partial charge in [0.2, 0.25) is 0 Å². The minimum atomic E-state index is -0.574. The first-order valence-electron chi connectivity index (χ1n) is 6.73. The predicted octanol–water partition coefficient (Wildman–Crippen LogP) is 2.33. The molecule has 5 heteroatoms. The Morgan fingerprint density at radius 3 is 2.90 bits per heavy atom. The number of ether oxygens (including phenoxy) is 2. The molecule has 4 nitrogen and oxygen atoms in total. The normalized spacial score (nSPS) is 22.1. The fourth-order valence-corrected chi connectivity index (χ4v) is 2.77. The quantitative estimate of drug-likeness (QED) is 0.619. The Morgan fingerprint density at radius 1 is 1.55 bits per heavy atom. The van der Waals surface area contributed by atoms with Crippen LogP contribution in [0.4, 0.5) is 0 Å². The fraction of sp³-hybridized carbons (Fsp3) is 0.533. The van der Waals surface area contributed by atoms with Crippen molar-refractivity contribution in [3.05, 3.63) is 24.3 Å². The van der Waals surface area contributed by atoms with Crippen LogP contribution in [0.15, 0.2) is 29.2 Å². The van der Waals surface area contributed by atoms with E-state index in [0.717, 1.165) is 16.4 Å². The molecule has 0 aromatic heterocycles. The molecule has 0 saturated carbocycles. The van der Waals surface area contributed by atoms with Gasteiger partial charge < -0.3 is 14.8 Å². The summed E-state index contributed by atoms with van der Waals surface area (Å²) >= 11 is 1.75. The molecule has 1 saturated heterocycles. The van der Waals surface area contributed by atoms with Crippen molar-refractivity contribution < 1.29 is 14.3 Å². The smallest absolute Gasteiger partial charge is 0.254 e. The van der Waals surface area contributed by atoms with Crippen LogP contribution in [0.3, 0.4) is 0 Å². The topological polar surface area (TPSA) is 50.9 Å². The summed E-state index contributed by atoms with van der Waals surface area (Å²) < 4.78 is 10.4. The molecule has 1 aromatic carbocycles. The lowest BCUT2D eigenvalue weighted by Gasteiger charge is -2.14. The molecule has 2 atom stereocenters. The van der Waals surface area contributed by atoms with Crippen molar-refractivity contribution in [1.29, 1.82) is 0 Å². The Hall–Kier alpha value is -1.20. The van der Waals surface area contributed by atoms with Gasteiger partial charge in [-0.2, -0.15) is 0 Å². The SMILES string of the molecule is COc1ccccc1SCC(C)CNC(=O)C1(C)CO1. The Balaban J connectivity index is 1.74. The van der Waals surface area contributed by atoms with Crippen molar-refractivity contribution >= 4 is 17.7 Å². The number of epoxide rings is 1. The number of hydrogen-bond donors (Lipinski definition) is 1. The van der Waals surface area contributed by atoms with Gasteiger partial charge in [0.15, 0.2) is 5.60 Å². The van der Waals surface area contributed by atoms with Crippen LogP contribution in [0.1, 0.15) is 13.8 Å². The van der Waals surface area contributed by atoms with Crippen LogP contribution in [0.5, 0.6) is 5.75 Å². The van der Waals surface area contributed by atoms with Gasteiger partial charge in [0.1, 0.15) is 5.75 Å². The minimum Gasteiger partial charge on any atom is -0.496 e. The maximum atomic E-state index is 11.7. The number of para-hydroxylation sites is 1. The zero-order chi connectivity index (χ0) is 14.6. The lowest BCUT2D eigenvalue weighted by molar-refractivity contribution is -0.125. The summed E-state index contributed by atoms with van der Waals surface area (Å²) in [6, 6.07) is 7.97. The molecule has 2 unspecified atom stereocenters. The second kappa shape index (κ2) is 6.50. The van der Waals surface area contributed by atoms with Gasteiger partial charge in [-0.15, -0.1) is 11.8 Å². The third-order valence-corrected chi connectivity index (χ3v) is 4.65. The van der Waals surface area contributed by atoms with Crippen LogP contribution in [0, 0.1) is 5.92 Å². The van der Waals surface area contributed by atoms with E-state index in [0.29, 0.717) is 19.1 Å². The highest BCUT2D eigenvalue weighted by Crippen LogP contribution is 2.30. The van der Waals surface area contributed by atoms with E-state index in [-0.39, 0.29) is 5.91 Å². The van der Waals surface area contributed by atoms with E-state index < -0.39 is 5.60 Å². The Morgan fingerprint density at radius 2 is 2.25 bits per heavy atom. The van der Waals surface area contributed by atoms with Crippen molar-refractivity contribution in [3.63, 3.8) is 0 Å². The molecule has 110 valence electrons. The molecule has 1 aliphatic heterocycles. The summed E-state index contributed by atoms with van der Waals surface area (Å²) in [5.41, 5.74) is -0.574. The van der Waals surface area contributed by atoms with Crippen molar-refractivity contribution in [2.45, 2.75) is 24.3 Å². The molecule has 1 N–H and O–H groups in total. The number of carbonyl (C=O) groups is 1. The number of nitrogens with one attached hydrogen (secondary N) is 1. The first kappa shape index (κ1) is 15.2. The number of amides is 1. The number of methoxy groups -OCH3 is 1. The second-order valence-corrected chi connectivity index (χ2v) is 6.36. The number of rotatable bonds is 7. The van der Waals surface area contributed by atoms with Gasteiger partial charge in [-0.3, -0.25) is 4.79 Å². The maximum Gasteiger partial charge on any atom is 0.254 e. The van der Waals surface area contributed by atoms with E-state index >= 15 is 0 Å². The molecule has 0 bridgehead atoms. The molecule has 0 spiro atoms. The molecule has 0 aliphatic carbocycles. The largest absolute Gasteiger partial charge is 0.496 e. The summed E-state index contributed by atoms with van der Waals surface area (Å²) in [6.45, 7) is 5.14. The zero-order valence-electron chi connectivity index (χ0n) is 12.1. The summed E-state index contributed by atoms with van der Waals surface area (Å²) in [4.78, 5) is 12.9. The first-order chi connectivity index (χ1) is 9.55. The second-order valence-electron chi connectivity index (χ2n) is 5.30. The predicted molar refractivity (Wildman–Crippen MR) is 80.2 cm³/mol. The molecule has 1 heterocycles. The van der Waals surface area contributed by atoms with E-state index in [9.17, 15) is 4.79 Å². The van der Waals surface area contributed by atoms with Gasteiger partial charge in [0, 0.05) is 17.2 Å². The highest BCUT2D eigenvalue weighted by atomic mass is 32.2. The average molecular weight is 295 g/mol. The number of benzene rings is 1. The molecule has 1 aliphatic rings. The third kappa shape index (κ3) is 3.90. The third-order valence-electron chi connectivity index (χ3n) is 3.26. The van der Waals surface area contributed by atoms with E-state index in [4.69, 9.17) is 9.47 Å². The van der Waals surface area contributed by atoms with Crippen molar-refractivity contribution in [3.8, 4) is 5.75 Å². The van der Waals surface area contributed by atoms with Crippen LogP contribution in [0.2, 0.25) is 0 Å². The Bertz CT molecular complexity index is 474. The van der Waals surface area contributed by atoms with E-state index in [1.54, 1.807) is 18.9 Å². The van der Waals surface area contributed by atoms with Gasteiger partial charge in [-0.25, -0.2) is 0 Å². The monoisotopic (exact) mass is 295 g/mol. The Labute approximate surface area is 124 Å². The van der Waals surface area contributed by atoms with Crippen molar-refractivity contribution in [1.82, 2.24) is 5.32 Å². The maximum absolute atomic E-state index is 11.7. The number of hydrogen-bond acceptors (Lipinski definition) is 4. The standard InChI is InChI=1S/C15H21NO3S/c1-11(8-16-14(17)15(2)10-19-15)9-20-13-7-5-4-6-12(13)18-3/h4-7,11H,8-10H2,1-3H3,(H,16,17). The van der Waals surface area contributed by atoms with E-state index in [1.165, 1.54) is 0 Å². The van der Waals surface area contributed by atoms with Crippen molar-refractivity contribution in [2.24, 2.45) is 5.92 Å². The van der Waals surface area contributed by atoms with Crippen LogP contribution in [-0.2, 0) is 9.53 Å². The van der Waals surface area contributed by atoms with E-state index in [2.05, 4.69) is 12.2 Å². The molecular formula is C15H21NO3S. The Kier molecular flexibility index (Phi) is 4.94. The van der Waals surface area contributed by atoms with E-state index in [1.807, 2.05) is 31.2 Å². The summed E-state index contributed by atoms with van der Waals surface area (Å²) in [7, 11) is 1.68. The average Bonchev–Trinajstić information content (AvgIpc) is 3.22. The van der Waals surface area contributed by atoms with Crippen LogP contribution >= 0.6 is 11.8 Å². The first-order valence-corrected chi connectivity index (χ1v) is 7.72. The van der Waals surface area contributed by atoms with Gasteiger partial charge in [0.25, 0.3) is 5.91 Å². The van der Waals surface area contributed by atoms with Crippen LogP contribution in [0.25, 0.3) is 0 Å².